The van der Waals surface area contributed by atoms with E-state index in [1.165, 1.54) is 11.3 Å². The molecule has 2 aromatic heterocycles. The van der Waals surface area contributed by atoms with E-state index in [1.807, 2.05) is 6.92 Å². The number of aryl methyl sites for hydroxylation is 1. The molecule has 0 unspecified atom stereocenters. The maximum absolute atomic E-state index is 12.5. The van der Waals surface area contributed by atoms with E-state index >= 15 is 0 Å². The number of nitrogens with zero attached hydrogens (tertiary/aromatic N) is 2. The number of nitrogens with one attached hydrogen (secondary N) is 2. The SMILES string of the molecule is COCc1nc(OC)c2c(C)c(C(=O)NCC3CNC3)sc2n1.Cl. The summed E-state index contributed by atoms with van der Waals surface area (Å²) in [5.74, 6) is 1.49. The molecule has 1 saturated heterocycles. The van der Waals surface area contributed by atoms with Crippen LogP contribution in [0.15, 0.2) is 0 Å². The van der Waals surface area contributed by atoms with E-state index in [9.17, 15) is 4.79 Å². The topological polar surface area (TPSA) is 85.4 Å². The van der Waals surface area contributed by atoms with E-state index in [1.54, 1.807) is 14.2 Å². The molecule has 9 heteroatoms. The van der Waals surface area contributed by atoms with Crippen LogP contribution in [0.4, 0.5) is 0 Å². The van der Waals surface area contributed by atoms with E-state index in [4.69, 9.17) is 9.47 Å². The van der Waals surface area contributed by atoms with Crippen molar-refractivity contribution in [2.45, 2.75) is 13.5 Å². The minimum absolute atomic E-state index is 0. The Hall–Kier alpha value is -1.48. The molecular formula is C15H21ClN4O3S. The molecule has 0 aliphatic carbocycles. The minimum atomic E-state index is -0.0623. The van der Waals surface area contributed by atoms with Gasteiger partial charge in [0.2, 0.25) is 5.88 Å². The van der Waals surface area contributed by atoms with Crippen molar-refractivity contribution in [3.63, 3.8) is 0 Å². The zero-order valence-corrected chi connectivity index (χ0v) is 15.5. The van der Waals surface area contributed by atoms with Crippen molar-refractivity contribution in [1.82, 2.24) is 20.6 Å². The highest BCUT2D eigenvalue weighted by atomic mass is 35.5. The van der Waals surface area contributed by atoms with Gasteiger partial charge in [-0.2, -0.15) is 4.98 Å². The van der Waals surface area contributed by atoms with Gasteiger partial charge in [0.15, 0.2) is 5.82 Å². The van der Waals surface area contributed by atoms with Crippen molar-refractivity contribution in [3.05, 3.63) is 16.3 Å². The number of carbonyl (C=O) groups is 1. The van der Waals surface area contributed by atoms with Crippen LogP contribution in [0.2, 0.25) is 0 Å². The van der Waals surface area contributed by atoms with Crippen LogP contribution in [-0.2, 0) is 11.3 Å². The molecule has 1 fully saturated rings. The second-order valence-corrected chi connectivity index (χ2v) is 6.55. The Bertz CT molecular complexity index is 733. The zero-order chi connectivity index (χ0) is 16.4. The summed E-state index contributed by atoms with van der Waals surface area (Å²) in [5, 5.41) is 6.99. The molecule has 0 spiro atoms. The molecule has 1 aliphatic heterocycles. The van der Waals surface area contributed by atoms with E-state index in [2.05, 4.69) is 20.6 Å². The number of carbonyl (C=O) groups excluding carboxylic acids is 1. The summed E-state index contributed by atoms with van der Waals surface area (Å²) in [4.78, 5) is 22.7. The highest BCUT2D eigenvalue weighted by molar-refractivity contribution is 7.20. The Kier molecular flexibility index (Phi) is 6.34. The van der Waals surface area contributed by atoms with E-state index in [0.717, 1.165) is 28.9 Å². The van der Waals surface area contributed by atoms with Crippen molar-refractivity contribution in [2.75, 3.05) is 33.9 Å². The zero-order valence-electron chi connectivity index (χ0n) is 13.8. The van der Waals surface area contributed by atoms with Crippen LogP contribution >= 0.6 is 23.7 Å². The molecular weight excluding hydrogens is 352 g/mol. The number of halogens is 1. The van der Waals surface area contributed by atoms with Crippen molar-refractivity contribution in [3.8, 4) is 5.88 Å². The summed E-state index contributed by atoms with van der Waals surface area (Å²) in [5.41, 5.74) is 0.857. The first-order valence-corrected chi connectivity index (χ1v) is 8.27. The fourth-order valence-electron chi connectivity index (χ4n) is 2.51. The van der Waals surface area contributed by atoms with E-state index in [0.29, 0.717) is 35.7 Å². The summed E-state index contributed by atoms with van der Waals surface area (Å²) in [6.45, 7) is 4.83. The van der Waals surface area contributed by atoms with Crippen LogP contribution in [0.3, 0.4) is 0 Å². The lowest BCUT2D eigenvalue weighted by molar-refractivity contribution is 0.0946. The molecule has 2 aromatic rings. The smallest absolute Gasteiger partial charge is 0.261 e. The molecule has 7 nitrogen and oxygen atoms in total. The highest BCUT2D eigenvalue weighted by Gasteiger charge is 2.23. The van der Waals surface area contributed by atoms with Gasteiger partial charge in [0.1, 0.15) is 11.4 Å². The van der Waals surface area contributed by atoms with Crippen molar-refractivity contribution < 1.29 is 14.3 Å². The number of rotatable bonds is 6. The average molecular weight is 373 g/mol. The third-order valence-electron chi connectivity index (χ3n) is 3.89. The largest absolute Gasteiger partial charge is 0.480 e. The summed E-state index contributed by atoms with van der Waals surface area (Å²) in [6, 6.07) is 0. The van der Waals surface area contributed by atoms with Gasteiger partial charge in [-0.25, -0.2) is 4.98 Å². The van der Waals surface area contributed by atoms with Crippen LogP contribution < -0.4 is 15.4 Å². The number of fused-ring (bicyclic) bond motifs is 1. The summed E-state index contributed by atoms with van der Waals surface area (Å²) >= 11 is 1.36. The Morgan fingerprint density at radius 2 is 2.12 bits per heavy atom. The number of aromatic nitrogens is 2. The van der Waals surface area contributed by atoms with E-state index in [-0.39, 0.29) is 18.3 Å². The average Bonchev–Trinajstić information content (AvgIpc) is 2.82. The number of ether oxygens (including phenoxy) is 2. The van der Waals surface area contributed by atoms with Gasteiger partial charge < -0.3 is 20.1 Å². The molecule has 0 bridgehead atoms. The second-order valence-electron chi connectivity index (χ2n) is 5.55. The maximum atomic E-state index is 12.5. The van der Waals surface area contributed by atoms with Gasteiger partial charge in [0.05, 0.1) is 17.4 Å². The lowest BCUT2D eigenvalue weighted by Gasteiger charge is -2.26. The summed E-state index contributed by atoms with van der Waals surface area (Å²) in [6.07, 6.45) is 0. The Morgan fingerprint density at radius 1 is 1.38 bits per heavy atom. The van der Waals surface area contributed by atoms with Crippen LogP contribution in [0.5, 0.6) is 5.88 Å². The van der Waals surface area contributed by atoms with Gasteiger partial charge in [-0.3, -0.25) is 4.79 Å². The van der Waals surface area contributed by atoms with Crippen molar-refractivity contribution in [1.29, 1.82) is 0 Å². The molecule has 3 heterocycles. The van der Waals surface area contributed by atoms with Gasteiger partial charge >= 0.3 is 0 Å². The maximum Gasteiger partial charge on any atom is 0.261 e. The van der Waals surface area contributed by atoms with E-state index < -0.39 is 0 Å². The number of hydrogen-bond acceptors (Lipinski definition) is 7. The first kappa shape index (κ1) is 18.9. The monoisotopic (exact) mass is 372 g/mol. The van der Waals surface area contributed by atoms with Gasteiger partial charge in [-0.05, 0) is 12.5 Å². The fraction of sp³-hybridized carbons (Fsp3) is 0.533. The van der Waals surface area contributed by atoms with Crippen LogP contribution in [0.25, 0.3) is 10.2 Å². The first-order chi connectivity index (χ1) is 11.1. The Balaban J connectivity index is 0.00000208. The quantitative estimate of drug-likeness (QED) is 0.799. The molecule has 0 atom stereocenters. The van der Waals surface area contributed by atoms with Gasteiger partial charge in [0.25, 0.3) is 5.91 Å². The molecule has 0 saturated carbocycles. The third-order valence-corrected chi connectivity index (χ3v) is 5.08. The molecule has 1 amide bonds. The number of hydrogen-bond donors (Lipinski definition) is 2. The van der Waals surface area contributed by atoms with Crippen LogP contribution in [0.1, 0.15) is 21.1 Å². The van der Waals surface area contributed by atoms with Gasteiger partial charge in [-0.1, -0.05) is 0 Å². The predicted octanol–water partition coefficient (Wildman–Crippen LogP) is 1.53. The third kappa shape index (κ3) is 3.61. The number of methoxy groups -OCH3 is 2. The molecule has 132 valence electrons. The molecule has 1 aliphatic rings. The molecule has 0 aromatic carbocycles. The van der Waals surface area contributed by atoms with Crippen LogP contribution in [0, 0.1) is 12.8 Å². The highest BCUT2D eigenvalue weighted by Crippen LogP contribution is 2.35. The van der Waals surface area contributed by atoms with Crippen molar-refractivity contribution >= 4 is 39.9 Å². The second kappa shape index (κ2) is 8.06. The minimum Gasteiger partial charge on any atom is -0.480 e. The lowest BCUT2D eigenvalue weighted by Crippen LogP contribution is -2.48. The fourth-order valence-corrected chi connectivity index (χ4v) is 3.62. The van der Waals surface area contributed by atoms with Crippen LogP contribution in [-0.4, -0.2) is 49.7 Å². The molecule has 24 heavy (non-hydrogen) atoms. The van der Waals surface area contributed by atoms with Gasteiger partial charge in [0, 0.05) is 32.7 Å². The normalized spacial score (nSPS) is 14.1. The van der Waals surface area contributed by atoms with Gasteiger partial charge in [-0.15, -0.1) is 23.7 Å². The molecule has 2 N–H and O–H groups in total. The first-order valence-electron chi connectivity index (χ1n) is 7.46. The lowest BCUT2D eigenvalue weighted by atomic mass is 10.0. The number of amides is 1. The molecule has 3 rings (SSSR count). The predicted molar refractivity (Wildman–Crippen MR) is 95.4 cm³/mol. The number of thiophene rings is 1. The molecule has 0 radical (unpaired) electrons. The Morgan fingerprint density at radius 3 is 2.71 bits per heavy atom. The summed E-state index contributed by atoms with van der Waals surface area (Å²) in [7, 11) is 3.16. The Labute approximate surface area is 150 Å². The van der Waals surface area contributed by atoms with Crippen molar-refractivity contribution in [2.24, 2.45) is 5.92 Å². The summed E-state index contributed by atoms with van der Waals surface area (Å²) < 4.78 is 10.5. The standard InChI is InChI=1S/C15H20N4O3S.ClH/c1-8-11-14(22-3)18-10(7-21-2)19-15(11)23-12(8)13(20)17-6-9-4-16-5-9;/h9,16H,4-7H2,1-3H3,(H,17,20);1H.